The van der Waals surface area contributed by atoms with Crippen LogP contribution in [0.2, 0.25) is 0 Å². The smallest absolute Gasteiger partial charge is 0.267 e. The molecule has 5 rings (SSSR count). The molecule has 152 valence electrons. The molecule has 7 heteroatoms. The zero-order chi connectivity index (χ0) is 20.5. The fraction of sp³-hybridized carbons (Fsp3) is 0.261. The van der Waals surface area contributed by atoms with Crippen molar-refractivity contribution >= 4 is 33.3 Å². The van der Waals surface area contributed by atoms with Crippen molar-refractivity contribution in [1.82, 2.24) is 14.5 Å². The van der Waals surface area contributed by atoms with Crippen molar-refractivity contribution in [2.45, 2.75) is 36.6 Å². The maximum absolute atomic E-state index is 13.8. The topological polar surface area (TPSA) is 57.0 Å². The second-order valence-corrected chi connectivity index (χ2v) is 9.23. The van der Waals surface area contributed by atoms with Gasteiger partial charge in [0.05, 0.1) is 23.9 Å². The van der Waals surface area contributed by atoms with Gasteiger partial charge in [0.15, 0.2) is 5.16 Å². The van der Waals surface area contributed by atoms with Crippen molar-refractivity contribution in [1.29, 1.82) is 0 Å². The lowest BCUT2D eigenvalue weighted by Crippen LogP contribution is -2.22. The Morgan fingerprint density at radius 1 is 1.13 bits per heavy atom. The monoisotopic (exact) mass is 435 g/mol. The summed E-state index contributed by atoms with van der Waals surface area (Å²) >= 11 is 3.21. The van der Waals surface area contributed by atoms with Crippen LogP contribution >= 0.6 is 23.1 Å². The first-order valence-electron chi connectivity index (χ1n) is 9.99. The molecular weight excluding hydrogens is 414 g/mol. The van der Waals surface area contributed by atoms with E-state index in [4.69, 9.17) is 9.72 Å². The highest BCUT2D eigenvalue weighted by molar-refractivity contribution is 7.98. The van der Waals surface area contributed by atoms with E-state index in [1.54, 1.807) is 29.2 Å². The van der Waals surface area contributed by atoms with Gasteiger partial charge in [0.2, 0.25) is 0 Å². The molecule has 0 atom stereocenters. The second-order valence-electron chi connectivity index (χ2n) is 7.21. The van der Waals surface area contributed by atoms with Crippen LogP contribution in [0.4, 0.5) is 0 Å². The van der Waals surface area contributed by atoms with Crippen molar-refractivity contribution in [2.24, 2.45) is 0 Å². The van der Waals surface area contributed by atoms with Gasteiger partial charge in [0.25, 0.3) is 5.56 Å². The van der Waals surface area contributed by atoms with Crippen LogP contribution in [0, 0.1) is 0 Å². The highest BCUT2D eigenvalue weighted by Crippen LogP contribution is 2.36. The molecule has 0 radical (unpaired) electrons. The number of aromatic nitrogens is 3. The first kappa shape index (κ1) is 19.3. The summed E-state index contributed by atoms with van der Waals surface area (Å²) in [6.45, 7) is 0. The number of thioether (sulfide) groups is 1. The third-order valence-corrected chi connectivity index (χ3v) is 7.52. The normalized spacial score (nSPS) is 13.4. The van der Waals surface area contributed by atoms with Crippen LogP contribution in [-0.4, -0.2) is 21.6 Å². The van der Waals surface area contributed by atoms with Crippen LogP contribution in [0.15, 0.2) is 58.6 Å². The number of hydrogen-bond acceptors (Lipinski definition) is 6. The van der Waals surface area contributed by atoms with E-state index in [1.165, 1.54) is 28.6 Å². The molecule has 0 saturated carbocycles. The van der Waals surface area contributed by atoms with Crippen LogP contribution in [0.1, 0.15) is 29.0 Å². The highest BCUT2D eigenvalue weighted by atomic mass is 32.2. The number of pyridine rings is 1. The molecule has 0 unspecified atom stereocenters. The Hall–Kier alpha value is -2.64. The SMILES string of the molecule is COc1ccccc1-n1c(SCc2ccccn2)nc2sc3c(c2c1=O)CCCC3. The molecule has 1 aliphatic carbocycles. The van der Waals surface area contributed by atoms with E-state index >= 15 is 0 Å². The van der Waals surface area contributed by atoms with Crippen molar-refractivity contribution < 1.29 is 4.74 Å². The van der Waals surface area contributed by atoms with Crippen molar-refractivity contribution in [3.05, 3.63) is 75.1 Å². The van der Waals surface area contributed by atoms with Crippen molar-refractivity contribution in [3.8, 4) is 11.4 Å². The van der Waals surface area contributed by atoms with Crippen molar-refractivity contribution in [3.63, 3.8) is 0 Å². The van der Waals surface area contributed by atoms with E-state index < -0.39 is 0 Å². The van der Waals surface area contributed by atoms with Gasteiger partial charge < -0.3 is 4.74 Å². The molecule has 0 amide bonds. The van der Waals surface area contributed by atoms with E-state index in [0.29, 0.717) is 16.7 Å². The summed E-state index contributed by atoms with van der Waals surface area (Å²) in [4.78, 5) is 25.4. The zero-order valence-corrected chi connectivity index (χ0v) is 18.3. The van der Waals surface area contributed by atoms with E-state index in [2.05, 4.69) is 4.98 Å². The third-order valence-electron chi connectivity index (χ3n) is 5.36. The van der Waals surface area contributed by atoms with Crippen LogP contribution < -0.4 is 10.3 Å². The number of aryl methyl sites for hydroxylation is 2. The summed E-state index contributed by atoms with van der Waals surface area (Å²) in [6.07, 6.45) is 6.09. The van der Waals surface area contributed by atoms with Crippen LogP contribution in [0.3, 0.4) is 0 Å². The van der Waals surface area contributed by atoms with Gasteiger partial charge in [-0.05, 0) is 55.5 Å². The molecule has 0 fully saturated rings. The molecule has 3 aromatic heterocycles. The predicted molar refractivity (Wildman–Crippen MR) is 122 cm³/mol. The number of hydrogen-bond donors (Lipinski definition) is 0. The average Bonchev–Trinajstić information content (AvgIpc) is 3.17. The summed E-state index contributed by atoms with van der Waals surface area (Å²) in [7, 11) is 1.63. The zero-order valence-electron chi connectivity index (χ0n) is 16.6. The number of para-hydroxylation sites is 2. The molecular formula is C23H21N3O2S2. The molecule has 4 aromatic rings. The summed E-state index contributed by atoms with van der Waals surface area (Å²) in [6, 6.07) is 13.5. The number of nitrogens with zero attached hydrogens (tertiary/aromatic N) is 3. The Morgan fingerprint density at radius 2 is 1.97 bits per heavy atom. The van der Waals surface area contributed by atoms with E-state index in [1.807, 2.05) is 42.5 Å². The average molecular weight is 436 g/mol. The fourth-order valence-electron chi connectivity index (χ4n) is 3.93. The van der Waals surface area contributed by atoms with E-state index in [0.717, 1.165) is 40.9 Å². The van der Waals surface area contributed by atoms with Crippen LogP contribution in [0.25, 0.3) is 15.9 Å². The predicted octanol–water partition coefficient (Wildman–Crippen LogP) is 5.02. The Labute approximate surface area is 182 Å². The van der Waals surface area contributed by atoms with Gasteiger partial charge in [0, 0.05) is 16.8 Å². The van der Waals surface area contributed by atoms with Crippen LogP contribution in [-0.2, 0) is 18.6 Å². The second kappa shape index (κ2) is 8.24. The Bertz CT molecular complexity index is 1260. The van der Waals surface area contributed by atoms with Gasteiger partial charge in [0.1, 0.15) is 10.6 Å². The number of benzene rings is 1. The molecule has 0 aliphatic heterocycles. The molecule has 0 spiro atoms. The molecule has 3 heterocycles. The summed E-state index contributed by atoms with van der Waals surface area (Å²) in [5, 5.41) is 1.45. The van der Waals surface area contributed by atoms with Gasteiger partial charge >= 0.3 is 0 Å². The summed E-state index contributed by atoms with van der Waals surface area (Å²) in [5.41, 5.74) is 2.86. The van der Waals surface area contributed by atoms with Gasteiger partial charge in [-0.2, -0.15) is 0 Å². The van der Waals surface area contributed by atoms with Gasteiger partial charge in [-0.25, -0.2) is 4.98 Å². The molecule has 1 aliphatic rings. The minimum absolute atomic E-state index is 0.00702. The highest BCUT2D eigenvalue weighted by Gasteiger charge is 2.24. The lowest BCUT2D eigenvalue weighted by atomic mass is 9.97. The summed E-state index contributed by atoms with van der Waals surface area (Å²) < 4.78 is 7.29. The molecule has 5 nitrogen and oxygen atoms in total. The van der Waals surface area contributed by atoms with Gasteiger partial charge in [-0.1, -0.05) is 30.0 Å². The molecule has 30 heavy (non-hydrogen) atoms. The van der Waals surface area contributed by atoms with E-state index in [-0.39, 0.29) is 5.56 Å². The van der Waals surface area contributed by atoms with Gasteiger partial charge in [-0.3, -0.25) is 14.3 Å². The number of rotatable bonds is 5. The minimum Gasteiger partial charge on any atom is -0.495 e. The molecule has 0 N–H and O–H groups in total. The molecule has 0 saturated heterocycles. The first-order valence-corrected chi connectivity index (χ1v) is 11.8. The minimum atomic E-state index is -0.00702. The Balaban J connectivity index is 1.71. The van der Waals surface area contributed by atoms with Crippen molar-refractivity contribution in [2.75, 3.05) is 7.11 Å². The number of thiophene rings is 1. The standard InChI is InChI=1S/C23H21N3O2S2/c1-28-18-11-4-3-10-17(18)26-22(27)20-16-9-2-5-12-19(16)30-21(20)25-23(26)29-14-15-8-6-7-13-24-15/h3-4,6-8,10-11,13H,2,5,9,12,14H2,1H3. The molecule has 0 bridgehead atoms. The lowest BCUT2D eigenvalue weighted by Gasteiger charge is -2.15. The third kappa shape index (κ3) is 3.42. The lowest BCUT2D eigenvalue weighted by molar-refractivity contribution is 0.411. The fourth-order valence-corrected chi connectivity index (χ4v) is 6.16. The quantitative estimate of drug-likeness (QED) is 0.325. The largest absolute Gasteiger partial charge is 0.495 e. The maximum Gasteiger partial charge on any atom is 0.267 e. The Kier molecular flexibility index (Phi) is 5.31. The first-order chi connectivity index (χ1) is 14.8. The maximum atomic E-state index is 13.8. The Morgan fingerprint density at radius 3 is 2.80 bits per heavy atom. The van der Waals surface area contributed by atoms with Crippen LogP contribution in [0.5, 0.6) is 5.75 Å². The van der Waals surface area contributed by atoms with E-state index in [9.17, 15) is 4.79 Å². The number of ether oxygens (including phenoxy) is 1. The van der Waals surface area contributed by atoms with Gasteiger partial charge in [-0.15, -0.1) is 11.3 Å². The summed E-state index contributed by atoms with van der Waals surface area (Å²) in [5.74, 6) is 1.29. The number of methoxy groups -OCH3 is 1. The molecule has 1 aromatic carbocycles. The number of fused-ring (bicyclic) bond motifs is 3.